The number of hydrogen-bond acceptors (Lipinski definition) is 5. The van der Waals surface area contributed by atoms with Gasteiger partial charge in [-0.2, -0.15) is 0 Å². The summed E-state index contributed by atoms with van der Waals surface area (Å²) in [6.45, 7) is 15.4. The van der Waals surface area contributed by atoms with Crippen LogP contribution in [0.25, 0.3) is 0 Å². The van der Waals surface area contributed by atoms with E-state index in [4.69, 9.17) is 9.73 Å². The lowest BCUT2D eigenvalue weighted by Gasteiger charge is -2.38. The molecule has 1 atom stereocenters. The number of likely N-dealkylation sites (tertiary alicyclic amines) is 1. The Bertz CT molecular complexity index is 536. The first kappa shape index (κ1) is 25.6. The molecular formula is C21H41IN6O2. The zero-order valence-electron chi connectivity index (χ0n) is 18.9. The van der Waals surface area contributed by atoms with Crippen molar-refractivity contribution in [3.05, 3.63) is 0 Å². The zero-order chi connectivity index (χ0) is 20.5. The molecule has 0 bridgehead atoms. The molecule has 9 heteroatoms. The largest absolute Gasteiger partial charge is 0.378 e. The van der Waals surface area contributed by atoms with Crippen LogP contribution in [0.15, 0.2) is 4.99 Å². The maximum Gasteiger partial charge on any atom is 0.236 e. The van der Waals surface area contributed by atoms with Gasteiger partial charge in [-0.15, -0.1) is 24.0 Å². The van der Waals surface area contributed by atoms with Crippen LogP contribution in [0.1, 0.15) is 33.1 Å². The van der Waals surface area contributed by atoms with Gasteiger partial charge in [0.05, 0.1) is 26.3 Å². The highest BCUT2D eigenvalue weighted by molar-refractivity contribution is 14.0. The van der Waals surface area contributed by atoms with Crippen LogP contribution in [0.3, 0.4) is 0 Å². The lowest BCUT2D eigenvalue weighted by atomic mass is 10.0. The van der Waals surface area contributed by atoms with Crippen molar-refractivity contribution in [1.29, 1.82) is 0 Å². The highest BCUT2D eigenvalue weighted by Gasteiger charge is 2.25. The molecule has 8 nitrogen and oxygen atoms in total. The van der Waals surface area contributed by atoms with Gasteiger partial charge in [0.25, 0.3) is 0 Å². The van der Waals surface area contributed by atoms with Gasteiger partial charge in [-0.25, -0.2) is 0 Å². The monoisotopic (exact) mass is 536 g/mol. The predicted octanol–water partition coefficient (Wildman–Crippen LogP) is 0.921. The lowest BCUT2D eigenvalue weighted by molar-refractivity contribution is -0.136. The number of hydrogen-bond donors (Lipinski definition) is 1. The van der Waals surface area contributed by atoms with Crippen molar-refractivity contribution in [2.45, 2.75) is 39.2 Å². The maximum absolute atomic E-state index is 12.5. The minimum atomic E-state index is 0. The molecular weight excluding hydrogens is 495 g/mol. The van der Waals surface area contributed by atoms with E-state index in [1.54, 1.807) is 0 Å². The van der Waals surface area contributed by atoms with Crippen LogP contribution in [0.2, 0.25) is 0 Å². The van der Waals surface area contributed by atoms with Gasteiger partial charge in [-0.3, -0.25) is 19.6 Å². The van der Waals surface area contributed by atoms with Gasteiger partial charge in [0.2, 0.25) is 5.91 Å². The van der Waals surface area contributed by atoms with Crippen molar-refractivity contribution in [1.82, 2.24) is 24.9 Å². The second-order valence-corrected chi connectivity index (χ2v) is 8.23. The first-order chi connectivity index (χ1) is 14.2. The minimum absolute atomic E-state index is 0. The van der Waals surface area contributed by atoms with E-state index in [0.29, 0.717) is 25.8 Å². The Morgan fingerprint density at radius 3 is 2.40 bits per heavy atom. The molecule has 0 aromatic rings. The quantitative estimate of drug-likeness (QED) is 0.310. The van der Waals surface area contributed by atoms with E-state index < -0.39 is 0 Å². The highest BCUT2D eigenvalue weighted by atomic mass is 127. The molecule has 0 aliphatic carbocycles. The summed E-state index contributed by atoms with van der Waals surface area (Å²) in [6.07, 6.45) is 3.90. The van der Waals surface area contributed by atoms with E-state index in [9.17, 15) is 4.79 Å². The Balaban J connectivity index is 0.00000320. The molecule has 1 amide bonds. The summed E-state index contributed by atoms with van der Waals surface area (Å²) in [5.74, 6) is 1.27. The number of likely N-dealkylation sites (N-methyl/N-ethyl adjacent to an activating group) is 1. The van der Waals surface area contributed by atoms with Crippen LogP contribution in [0.4, 0.5) is 0 Å². The second-order valence-electron chi connectivity index (χ2n) is 8.23. The summed E-state index contributed by atoms with van der Waals surface area (Å²) < 4.78 is 5.35. The summed E-state index contributed by atoms with van der Waals surface area (Å²) in [7, 11) is 0. The van der Waals surface area contributed by atoms with Gasteiger partial charge in [-0.1, -0.05) is 13.3 Å². The van der Waals surface area contributed by atoms with Crippen molar-refractivity contribution in [3.63, 3.8) is 0 Å². The molecule has 0 aromatic heterocycles. The molecule has 3 heterocycles. The fraction of sp³-hybridized carbons (Fsp3) is 0.905. The van der Waals surface area contributed by atoms with E-state index in [1.165, 1.54) is 25.8 Å². The highest BCUT2D eigenvalue weighted by Crippen LogP contribution is 2.17. The number of piperidine rings is 1. The van der Waals surface area contributed by atoms with Crippen LogP contribution in [0, 0.1) is 0 Å². The predicted molar refractivity (Wildman–Crippen MR) is 132 cm³/mol. The molecule has 1 N–H and O–H groups in total. The average molecular weight is 537 g/mol. The van der Waals surface area contributed by atoms with Gasteiger partial charge >= 0.3 is 0 Å². The summed E-state index contributed by atoms with van der Waals surface area (Å²) in [5.41, 5.74) is 0. The number of guanidine groups is 1. The van der Waals surface area contributed by atoms with Gasteiger partial charge in [-0.05, 0) is 32.9 Å². The number of carbonyl (C=O) groups is 1. The summed E-state index contributed by atoms with van der Waals surface area (Å²) >= 11 is 0. The van der Waals surface area contributed by atoms with E-state index in [0.717, 1.165) is 64.9 Å². The topological polar surface area (TPSA) is 63.7 Å². The molecule has 3 rings (SSSR count). The van der Waals surface area contributed by atoms with E-state index >= 15 is 0 Å². The number of nitrogens with one attached hydrogen (secondary N) is 1. The first-order valence-corrected chi connectivity index (χ1v) is 11.6. The van der Waals surface area contributed by atoms with Crippen molar-refractivity contribution >= 4 is 35.8 Å². The molecule has 174 valence electrons. The zero-order valence-corrected chi connectivity index (χ0v) is 21.2. The number of halogens is 1. The van der Waals surface area contributed by atoms with Crippen LogP contribution in [-0.2, 0) is 9.53 Å². The van der Waals surface area contributed by atoms with E-state index in [-0.39, 0.29) is 29.9 Å². The van der Waals surface area contributed by atoms with Gasteiger partial charge < -0.3 is 19.9 Å². The van der Waals surface area contributed by atoms with Crippen molar-refractivity contribution in [2.75, 3.05) is 85.2 Å². The Morgan fingerprint density at radius 2 is 1.73 bits per heavy atom. The smallest absolute Gasteiger partial charge is 0.236 e. The fourth-order valence-corrected chi connectivity index (χ4v) is 4.52. The SMILES string of the molecule is CCNC(=NCC1CCCCN1CC)N1CCN(CC(=O)N2CCOCC2)CC1.I. The Kier molecular flexibility index (Phi) is 11.7. The normalized spacial score (nSPS) is 24.5. The maximum atomic E-state index is 12.5. The lowest BCUT2D eigenvalue weighted by Crippen LogP contribution is -2.55. The van der Waals surface area contributed by atoms with Crippen LogP contribution < -0.4 is 5.32 Å². The molecule has 1 unspecified atom stereocenters. The summed E-state index contributed by atoms with van der Waals surface area (Å²) in [4.78, 5) is 26.6. The molecule has 3 fully saturated rings. The van der Waals surface area contributed by atoms with Crippen LogP contribution in [0.5, 0.6) is 0 Å². The van der Waals surface area contributed by atoms with Crippen LogP contribution >= 0.6 is 24.0 Å². The average Bonchev–Trinajstić information content (AvgIpc) is 2.78. The van der Waals surface area contributed by atoms with E-state index in [1.807, 2.05) is 4.90 Å². The third-order valence-electron chi connectivity index (χ3n) is 6.34. The number of rotatable bonds is 6. The Labute approximate surface area is 199 Å². The first-order valence-electron chi connectivity index (χ1n) is 11.6. The summed E-state index contributed by atoms with van der Waals surface area (Å²) in [5, 5.41) is 3.48. The molecule has 3 aliphatic rings. The number of piperazine rings is 1. The van der Waals surface area contributed by atoms with Crippen LogP contribution in [-0.4, -0.2) is 123 Å². The van der Waals surface area contributed by atoms with Crippen molar-refractivity contribution in [3.8, 4) is 0 Å². The van der Waals surface area contributed by atoms with Gasteiger partial charge in [0, 0.05) is 51.9 Å². The number of morpholine rings is 1. The molecule has 30 heavy (non-hydrogen) atoms. The molecule has 0 spiro atoms. The number of amides is 1. The number of aliphatic imine (C=N–C) groups is 1. The third kappa shape index (κ3) is 7.49. The number of ether oxygens (including phenoxy) is 1. The molecule has 3 saturated heterocycles. The summed E-state index contributed by atoms with van der Waals surface area (Å²) in [6, 6.07) is 0.579. The standard InChI is InChI=1S/C21H40N6O2.HI/c1-3-22-21(23-17-19-7-5-6-8-25(19)4-2)27-11-9-24(10-12-27)18-20(28)26-13-15-29-16-14-26;/h19H,3-18H2,1-2H3,(H,22,23);1H. The van der Waals surface area contributed by atoms with Crippen molar-refractivity contribution < 1.29 is 9.53 Å². The van der Waals surface area contributed by atoms with Crippen molar-refractivity contribution in [2.24, 2.45) is 4.99 Å². The minimum Gasteiger partial charge on any atom is -0.378 e. The third-order valence-corrected chi connectivity index (χ3v) is 6.34. The molecule has 0 radical (unpaired) electrons. The second kappa shape index (κ2) is 13.7. The molecule has 0 aromatic carbocycles. The van der Waals surface area contributed by atoms with Gasteiger partial charge in [0.15, 0.2) is 5.96 Å². The van der Waals surface area contributed by atoms with E-state index in [2.05, 4.69) is 33.9 Å². The molecule has 3 aliphatic heterocycles. The molecule has 0 saturated carbocycles. The Morgan fingerprint density at radius 1 is 1.00 bits per heavy atom. The number of carbonyl (C=O) groups excluding carboxylic acids is 1. The van der Waals surface area contributed by atoms with Gasteiger partial charge in [0.1, 0.15) is 0 Å². The fourth-order valence-electron chi connectivity index (χ4n) is 4.52. The number of nitrogens with zero attached hydrogens (tertiary/aromatic N) is 5. The Hall–Kier alpha value is -0.650.